The zero-order chi connectivity index (χ0) is 12.0. The van der Waals surface area contributed by atoms with Gasteiger partial charge in [0.25, 0.3) is 0 Å². The van der Waals surface area contributed by atoms with Gasteiger partial charge in [-0.15, -0.1) is 0 Å². The van der Waals surface area contributed by atoms with Gasteiger partial charge >= 0.3 is 0 Å². The van der Waals surface area contributed by atoms with Crippen molar-refractivity contribution in [3.8, 4) is 5.75 Å². The fourth-order valence-corrected chi connectivity index (χ4v) is 1.41. The lowest BCUT2D eigenvalue weighted by Crippen LogP contribution is -2.23. The number of hydrogen-bond acceptors (Lipinski definition) is 2. The average molecular weight is 220 g/mol. The second kappa shape index (κ2) is 6.33. The van der Waals surface area contributed by atoms with Gasteiger partial charge < -0.3 is 9.47 Å². The summed E-state index contributed by atoms with van der Waals surface area (Å²) in [5.74, 6) is 0.824. The van der Waals surface area contributed by atoms with Gasteiger partial charge in [-0.3, -0.25) is 0 Å². The van der Waals surface area contributed by atoms with Crippen LogP contribution in [-0.2, 0) is 4.74 Å². The first-order chi connectivity index (χ1) is 7.67. The highest BCUT2D eigenvalue weighted by atomic mass is 16.7. The van der Waals surface area contributed by atoms with Crippen molar-refractivity contribution >= 4 is 6.08 Å². The quantitative estimate of drug-likeness (QED) is 0.677. The van der Waals surface area contributed by atoms with Crippen molar-refractivity contribution in [2.75, 3.05) is 0 Å². The Morgan fingerprint density at radius 2 is 2.00 bits per heavy atom. The van der Waals surface area contributed by atoms with E-state index >= 15 is 0 Å². The van der Waals surface area contributed by atoms with E-state index in [1.54, 1.807) is 6.08 Å². The number of benzene rings is 1. The third-order valence-corrected chi connectivity index (χ3v) is 2.15. The Morgan fingerprint density at radius 3 is 2.56 bits per heavy atom. The van der Waals surface area contributed by atoms with Crippen LogP contribution in [0.2, 0.25) is 0 Å². The van der Waals surface area contributed by atoms with E-state index < -0.39 is 0 Å². The van der Waals surface area contributed by atoms with Gasteiger partial charge in [0.1, 0.15) is 5.75 Å². The molecule has 0 saturated carbocycles. The molecule has 1 rings (SSSR count). The Balaban J connectivity index is 2.73. The van der Waals surface area contributed by atoms with Crippen molar-refractivity contribution in [3.63, 3.8) is 0 Å². The van der Waals surface area contributed by atoms with E-state index in [1.165, 1.54) is 0 Å². The average Bonchev–Trinajstić information content (AvgIpc) is 2.28. The summed E-state index contributed by atoms with van der Waals surface area (Å²) >= 11 is 0. The number of para-hydroxylation sites is 1. The maximum Gasteiger partial charge on any atom is 0.199 e. The van der Waals surface area contributed by atoms with Crippen LogP contribution in [0.3, 0.4) is 0 Å². The molecule has 2 heteroatoms. The molecule has 0 aliphatic carbocycles. The molecule has 0 heterocycles. The SMILES string of the molecule is C=Cc1ccccc1OC(CC)OC(C)C. The Labute approximate surface area is 97.9 Å². The highest BCUT2D eigenvalue weighted by molar-refractivity contribution is 5.55. The van der Waals surface area contributed by atoms with E-state index in [-0.39, 0.29) is 12.4 Å². The summed E-state index contributed by atoms with van der Waals surface area (Å²) in [6.45, 7) is 9.82. The smallest absolute Gasteiger partial charge is 0.199 e. The molecule has 0 N–H and O–H groups in total. The Bertz CT molecular complexity index is 331. The molecule has 0 aliphatic heterocycles. The van der Waals surface area contributed by atoms with Crippen molar-refractivity contribution in [2.24, 2.45) is 0 Å². The monoisotopic (exact) mass is 220 g/mol. The largest absolute Gasteiger partial charge is 0.464 e. The van der Waals surface area contributed by atoms with Gasteiger partial charge in [0.15, 0.2) is 6.29 Å². The van der Waals surface area contributed by atoms with Gasteiger partial charge in [0, 0.05) is 12.0 Å². The summed E-state index contributed by atoms with van der Waals surface area (Å²) in [7, 11) is 0. The lowest BCUT2D eigenvalue weighted by molar-refractivity contribution is -0.109. The second-order valence-electron chi connectivity index (χ2n) is 3.88. The number of hydrogen-bond donors (Lipinski definition) is 0. The maximum atomic E-state index is 5.80. The summed E-state index contributed by atoms with van der Waals surface area (Å²) in [5.41, 5.74) is 0.994. The summed E-state index contributed by atoms with van der Waals surface area (Å²) in [5, 5.41) is 0. The molecule has 1 unspecified atom stereocenters. The van der Waals surface area contributed by atoms with Crippen LogP contribution < -0.4 is 4.74 Å². The van der Waals surface area contributed by atoms with Gasteiger partial charge in [0.05, 0.1) is 6.10 Å². The molecular weight excluding hydrogens is 200 g/mol. The lowest BCUT2D eigenvalue weighted by Gasteiger charge is -2.21. The van der Waals surface area contributed by atoms with Crippen molar-refractivity contribution in [1.82, 2.24) is 0 Å². The normalized spacial score (nSPS) is 12.5. The molecule has 0 fully saturated rings. The van der Waals surface area contributed by atoms with Crippen LogP contribution in [0, 0.1) is 0 Å². The van der Waals surface area contributed by atoms with Crippen LogP contribution in [0.4, 0.5) is 0 Å². The van der Waals surface area contributed by atoms with Crippen LogP contribution in [0.15, 0.2) is 30.8 Å². The van der Waals surface area contributed by atoms with Crippen molar-refractivity contribution < 1.29 is 9.47 Å². The van der Waals surface area contributed by atoms with E-state index in [2.05, 4.69) is 6.58 Å². The highest BCUT2D eigenvalue weighted by Crippen LogP contribution is 2.21. The zero-order valence-electron chi connectivity index (χ0n) is 10.3. The van der Waals surface area contributed by atoms with E-state index in [9.17, 15) is 0 Å². The zero-order valence-corrected chi connectivity index (χ0v) is 10.3. The first-order valence-corrected chi connectivity index (χ1v) is 5.71. The molecule has 0 aliphatic rings. The van der Waals surface area contributed by atoms with E-state index in [0.717, 1.165) is 17.7 Å². The molecular formula is C14H20O2. The minimum atomic E-state index is -0.193. The highest BCUT2D eigenvalue weighted by Gasteiger charge is 2.11. The fourth-order valence-electron chi connectivity index (χ4n) is 1.41. The van der Waals surface area contributed by atoms with Crippen molar-refractivity contribution in [1.29, 1.82) is 0 Å². The van der Waals surface area contributed by atoms with Gasteiger partial charge in [0.2, 0.25) is 0 Å². The van der Waals surface area contributed by atoms with E-state index in [4.69, 9.17) is 9.47 Å². The molecule has 0 spiro atoms. The van der Waals surface area contributed by atoms with Crippen LogP contribution in [0.5, 0.6) is 5.75 Å². The molecule has 1 aromatic carbocycles. The Hall–Kier alpha value is -1.28. The molecule has 0 amide bonds. The molecule has 1 aromatic rings. The van der Waals surface area contributed by atoms with E-state index in [1.807, 2.05) is 45.0 Å². The van der Waals surface area contributed by atoms with Crippen LogP contribution in [0.1, 0.15) is 32.8 Å². The third-order valence-electron chi connectivity index (χ3n) is 2.15. The summed E-state index contributed by atoms with van der Waals surface area (Å²) < 4.78 is 11.4. The first kappa shape index (κ1) is 12.8. The minimum Gasteiger partial charge on any atom is -0.464 e. The molecule has 1 atom stereocenters. The fraction of sp³-hybridized carbons (Fsp3) is 0.429. The van der Waals surface area contributed by atoms with Gasteiger partial charge in [-0.25, -0.2) is 0 Å². The molecule has 0 aromatic heterocycles. The van der Waals surface area contributed by atoms with Gasteiger partial charge in [-0.05, 0) is 19.9 Å². The summed E-state index contributed by atoms with van der Waals surface area (Å²) in [6, 6.07) is 7.83. The standard InChI is InChI=1S/C14H20O2/c1-5-12-9-7-8-10-13(12)16-14(6-2)15-11(3)4/h5,7-11,14H,1,6H2,2-4H3. The minimum absolute atomic E-state index is 0.167. The third kappa shape index (κ3) is 3.70. The summed E-state index contributed by atoms with van der Waals surface area (Å²) in [6.07, 6.45) is 2.59. The molecule has 2 nitrogen and oxygen atoms in total. The lowest BCUT2D eigenvalue weighted by atomic mass is 10.2. The van der Waals surface area contributed by atoms with Gasteiger partial charge in [-0.2, -0.15) is 0 Å². The van der Waals surface area contributed by atoms with E-state index in [0.29, 0.717) is 0 Å². The number of ether oxygens (including phenoxy) is 2. The van der Waals surface area contributed by atoms with Crippen LogP contribution in [-0.4, -0.2) is 12.4 Å². The van der Waals surface area contributed by atoms with Crippen molar-refractivity contribution in [3.05, 3.63) is 36.4 Å². The maximum absolute atomic E-state index is 5.80. The topological polar surface area (TPSA) is 18.5 Å². The van der Waals surface area contributed by atoms with Crippen LogP contribution >= 0.6 is 0 Å². The summed E-state index contributed by atoms with van der Waals surface area (Å²) in [4.78, 5) is 0. The molecule has 0 radical (unpaired) electrons. The molecule has 0 bridgehead atoms. The van der Waals surface area contributed by atoms with Gasteiger partial charge in [-0.1, -0.05) is 37.8 Å². The number of rotatable bonds is 6. The first-order valence-electron chi connectivity index (χ1n) is 5.71. The Morgan fingerprint density at radius 1 is 1.31 bits per heavy atom. The van der Waals surface area contributed by atoms with Crippen LogP contribution in [0.25, 0.3) is 6.08 Å². The second-order valence-corrected chi connectivity index (χ2v) is 3.88. The Kier molecular flexibility index (Phi) is 5.06. The predicted octanol–water partition coefficient (Wildman–Crippen LogP) is 3.87. The molecule has 88 valence electrons. The van der Waals surface area contributed by atoms with Crippen molar-refractivity contribution in [2.45, 2.75) is 39.6 Å². The molecule has 16 heavy (non-hydrogen) atoms. The molecule has 0 saturated heterocycles. The predicted molar refractivity (Wildman–Crippen MR) is 67.5 cm³/mol.